The predicted molar refractivity (Wildman–Crippen MR) is 118 cm³/mol. The van der Waals surface area contributed by atoms with Crippen LogP contribution in [0.3, 0.4) is 0 Å². The highest BCUT2D eigenvalue weighted by molar-refractivity contribution is 5.70. The summed E-state index contributed by atoms with van der Waals surface area (Å²) in [4.78, 5) is 28.0. The van der Waals surface area contributed by atoms with Crippen molar-refractivity contribution < 1.29 is 23.8 Å². The Bertz CT molecular complexity index is 636. The molecule has 0 spiro atoms. The first-order valence-electron chi connectivity index (χ1n) is 10.5. The van der Waals surface area contributed by atoms with E-state index in [-0.39, 0.29) is 30.8 Å². The molecule has 1 heterocycles. The molecule has 0 aromatic carbocycles. The fourth-order valence-corrected chi connectivity index (χ4v) is 3.08. The van der Waals surface area contributed by atoms with E-state index in [9.17, 15) is 9.59 Å². The number of rotatable bonds is 10. The first-order chi connectivity index (χ1) is 14.1. The van der Waals surface area contributed by atoms with Crippen molar-refractivity contribution in [2.45, 2.75) is 58.8 Å². The minimum atomic E-state index is -0.572. The summed E-state index contributed by atoms with van der Waals surface area (Å²) in [5, 5.41) is 0. The zero-order valence-corrected chi connectivity index (χ0v) is 19.3. The van der Waals surface area contributed by atoms with Crippen molar-refractivity contribution in [3.63, 3.8) is 0 Å². The number of ether oxygens (including phenoxy) is 3. The van der Waals surface area contributed by atoms with Gasteiger partial charge in [-0.25, -0.2) is 9.59 Å². The molecule has 7 nitrogen and oxygen atoms in total. The quantitative estimate of drug-likeness (QED) is 0.396. The van der Waals surface area contributed by atoms with Gasteiger partial charge in [-0.1, -0.05) is 30.9 Å². The molecule has 0 aliphatic carbocycles. The van der Waals surface area contributed by atoms with Crippen LogP contribution in [-0.2, 0) is 19.0 Å². The summed E-state index contributed by atoms with van der Waals surface area (Å²) in [6, 6.07) is -0.245. The first-order valence-corrected chi connectivity index (χ1v) is 10.5. The van der Waals surface area contributed by atoms with Crippen LogP contribution >= 0.6 is 0 Å². The van der Waals surface area contributed by atoms with Crippen molar-refractivity contribution in [2.24, 2.45) is 0 Å². The fraction of sp³-hybridized carbons (Fsp3) is 0.652. The summed E-state index contributed by atoms with van der Waals surface area (Å²) in [7, 11) is 1.73. The van der Waals surface area contributed by atoms with Crippen LogP contribution in [0.4, 0.5) is 4.79 Å². The Labute approximate surface area is 181 Å². The second-order valence-electron chi connectivity index (χ2n) is 8.35. The van der Waals surface area contributed by atoms with Gasteiger partial charge in [-0.3, -0.25) is 4.90 Å². The molecule has 0 radical (unpaired) electrons. The molecule has 170 valence electrons. The molecule has 0 N–H and O–H groups in total. The van der Waals surface area contributed by atoms with Gasteiger partial charge in [-0.2, -0.15) is 0 Å². The van der Waals surface area contributed by atoms with Crippen LogP contribution in [0.1, 0.15) is 41.0 Å². The molecular formula is C23H38N2O5. The molecule has 0 aromatic heterocycles. The van der Waals surface area contributed by atoms with Crippen LogP contribution in [0.5, 0.6) is 0 Å². The highest BCUT2D eigenvalue weighted by atomic mass is 16.6. The molecule has 7 heteroatoms. The van der Waals surface area contributed by atoms with Crippen molar-refractivity contribution in [2.75, 3.05) is 39.9 Å². The van der Waals surface area contributed by atoms with Gasteiger partial charge >= 0.3 is 12.1 Å². The summed E-state index contributed by atoms with van der Waals surface area (Å²) >= 11 is 0. The number of likely N-dealkylation sites (N-methyl/N-ethyl adjacent to an activating group) is 1. The fourth-order valence-electron chi connectivity index (χ4n) is 3.08. The van der Waals surface area contributed by atoms with Gasteiger partial charge in [0, 0.05) is 26.7 Å². The van der Waals surface area contributed by atoms with Gasteiger partial charge in [0.2, 0.25) is 0 Å². The smallest absolute Gasteiger partial charge is 0.410 e. The van der Waals surface area contributed by atoms with E-state index < -0.39 is 5.60 Å². The molecule has 1 fully saturated rings. The Balaban J connectivity index is 2.77. The monoisotopic (exact) mass is 422 g/mol. The van der Waals surface area contributed by atoms with Gasteiger partial charge in [0.05, 0.1) is 18.8 Å². The van der Waals surface area contributed by atoms with E-state index in [4.69, 9.17) is 14.2 Å². The van der Waals surface area contributed by atoms with Gasteiger partial charge in [-0.05, 0) is 46.6 Å². The van der Waals surface area contributed by atoms with Crippen molar-refractivity contribution in [1.82, 2.24) is 9.80 Å². The van der Waals surface area contributed by atoms with Gasteiger partial charge < -0.3 is 19.1 Å². The molecule has 1 saturated heterocycles. The molecule has 1 amide bonds. The highest BCUT2D eigenvalue weighted by Gasteiger charge is 2.31. The van der Waals surface area contributed by atoms with E-state index in [2.05, 4.69) is 11.5 Å². The number of hydrogen-bond acceptors (Lipinski definition) is 6. The third-order valence-electron chi connectivity index (χ3n) is 4.59. The molecule has 0 unspecified atom stereocenters. The van der Waals surface area contributed by atoms with Crippen LogP contribution < -0.4 is 0 Å². The summed E-state index contributed by atoms with van der Waals surface area (Å²) in [5.41, 5.74) is 0.245. The number of amides is 1. The lowest BCUT2D eigenvalue weighted by atomic mass is 10.1. The maximum atomic E-state index is 12.6. The lowest BCUT2D eigenvalue weighted by Gasteiger charge is -2.33. The first kappa shape index (κ1) is 25.9. The zero-order chi connectivity index (χ0) is 22.7. The topological polar surface area (TPSA) is 68.3 Å². The normalized spacial score (nSPS) is 18.7. The molecule has 0 saturated carbocycles. The van der Waals surface area contributed by atoms with Crippen molar-refractivity contribution in [1.29, 1.82) is 0 Å². The van der Waals surface area contributed by atoms with Crippen LogP contribution in [0.15, 0.2) is 36.5 Å². The number of carbonyl (C=O) groups excluding carboxylic acids is 2. The zero-order valence-electron chi connectivity index (χ0n) is 19.3. The Hall–Kier alpha value is -2.12. The largest absolute Gasteiger partial charge is 0.464 e. The third-order valence-corrected chi connectivity index (χ3v) is 4.59. The summed E-state index contributed by atoms with van der Waals surface area (Å²) in [5.74, 6) is -0.346. The molecule has 1 aliphatic heterocycles. The number of esters is 1. The van der Waals surface area contributed by atoms with E-state index in [1.54, 1.807) is 18.9 Å². The summed E-state index contributed by atoms with van der Waals surface area (Å²) in [6.07, 6.45) is 8.08. The van der Waals surface area contributed by atoms with Crippen LogP contribution in [0.2, 0.25) is 0 Å². The number of nitrogens with zero attached hydrogens (tertiary/aromatic N) is 2. The highest BCUT2D eigenvalue weighted by Crippen LogP contribution is 2.20. The lowest BCUT2D eigenvalue weighted by molar-refractivity contribution is -0.150. The van der Waals surface area contributed by atoms with Crippen LogP contribution in [-0.4, -0.2) is 79.5 Å². The standard InChI is InChI=1S/C23H38N2O5/c1-8-10-11-12-18(3)20(24(7)22(27)30-23(4,5)6)16-25-14-13-19(15-25)29-17-21(26)28-9-2/h8,10-12,19-20H,3,9,13-17H2,1-2,4-7H3/b10-8-,12-11-/t19-,20+/m0/s1. The van der Waals surface area contributed by atoms with Crippen LogP contribution in [0.25, 0.3) is 0 Å². The maximum Gasteiger partial charge on any atom is 0.410 e. The van der Waals surface area contributed by atoms with Crippen molar-refractivity contribution in [3.05, 3.63) is 36.5 Å². The molecule has 2 atom stereocenters. The molecule has 30 heavy (non-hydrogen) atoms. The van der Waals surface area contributed by atoms with Gasteiger partial charge in [0.15, 0.2) is 0 Å². The van der Waals surface area contributed by atoms with Gasteiger partial charge in [-0.15, -0.1) is 0 Å². The molecule has 0 bridgehead atoms. The number of carbonyl (C=O) groups is 2. The molecule has 0 aromatic rings. The number of hydrogen-bond donors (Lipinski definition) is 0. The van der Waals surface area contributed by atoms with Crippen molar-refractivity contribution >= 4 is 12.1 Å². The van der Waals surface area contributed by atoms with Gasteiger partial charge in [0.25, 0.3) is 0 Å². The van der Waals surface area contributed by atoms with E-state index in [1.165, 1.54) is 0 Å². The van der Waals surface area contributed by atoms with E-state index >= 15 is 0 Å². The second kappa shape index (κ2) is 12.5. The minimum Gasteiger partial charge on any atom is -0.464 e. The Morgan fingerprint density at radius 3 is 2.60 bits per heavy atom. The molecule has 1 rings (SSSR count). The predicted octanol–water partition coefficient (Wildman–Crippen LogP) is 3.56. The molecule has 1 aliphatic rings. The number of likely N-dealkylation sites (tertiary alicyclic amines) is 1. The average Bonchev–Trinajstić information content (AvgIpc) is 3.10. The average molecular weight is 423 g/mol. The Kier molecular flexibility index (Phi) is 10.8. The second-order valence-corrected chi connectivity index (χ2v) is 8.35. The maximum absolute atomic E-state index is 12.6. The van der Waals surface area contributed by atoms with E-state index in [0.29, 0.717) is 19.7 Å². The summed E-state index contributed by atoms with van der Waals surface area (Å²) in [6.45, 7) is 15.9. The minimum absolute atomic E-state index is 0.0336. The summed E-state index contributed by atoms with van der Waals surface area (Å²) < 4.78 is 16.1. The molecular weight excluding hydrogens is 384 g/mol. The lowest BCUT2D eigenvalue weighted by Crippen LogP contribution is -2.47. The Morgan fingerprint density at radius 1 is 1.30 bits per heavy atom. The Morgan fingerprint density at radius 2 is 2.00 bits per heavy atom. The van der Waals surface area contributed by atoms with Gasteiger partial charge in [0.1, 0.15) is 12.2 Å². The van der Waals surface area contributed by atoms with E-state index in [1.807, 2.05) is 52.0 Å². The van der Waals surface area contributed by atoms with E-state index in [0.717, 1.165) is 18.5 Å². The SMILES string of the molecule is C=C(/C=C\C=C/C)[C@@H](CN1CC[C@H](OCC(=O)OCC)C1)N(C)C(=O)OC(C)(C)C. The third kappa shape index (κ3) is 9.59. The van der Waals surface area contributed by atoms with Crippen molar-refractivity contribution in [3.8, 4) is 0 Å². The number of allylic oxidation sites excluding steroid dienone is 3. The van der Waals surface area contributed by atoms with Crippen LogP contribution in [0, 0.1) is 0 Å².